The van der Waals surface area contributed by atoms with Gasteiger partial charge in [0.25, 0.3) is 0 Å². The molecule has 1 fully saturated rings. The Hall–Kier alpha value is -1.06. The molecule has 1 rings (SSSR count). The minimum Gasteiger partial charge on any atom is -0.394 e. The van der Waals surface area contributed by atoms with Crippen molar-refractivity contribution >= 4 is 11.7 Å². The average Bonchev–Trinajstić information content (AvgIpc) is 2.51. The summed E-state index contributed by atoms with van der Waals surface area (Å²) in [5.41, 5.74) is -0.363. The molecule has 0 radical (unpaired) electrons. The van der Waals surface area contributed by atoms with Crippen molar-refractivity contribution in [3.05, 3.63) is 0 Å². The maximum atomic E-state index is 11.9. The van der Waals surface area contributed by atoms with Crippen LogP contribution in [0.25, 0.3) is 0 Å². The van der Waals surface area contributed by atoms with E-state index in [1.54, 1.807) is 0 Å². The monoisotopic (exact) mass is 361 g/mol. The highest BCUT2D eigenvalue weighted by molar-refractivity contribution is 5.83. The molecule has 0 spiro atoms. The zero-order valence-electron chi connectivity index (χ0n) is 15.4. The molecule has 1 amide bonds. The van der Waals surface area contributed by atoms with Crippen molar-refractivity contribution in [2.75, 3.05) is 13.2 Å². The lowest BCUT2D eigenvalue weighted by molar-refractivity contribution is -0.270. The van der Waals surface area contributed by atoms with E-state index in [0.29, 0.717) is 19.3 Å². The highest BCUT2D eigenvalue weighted by Gasteiger charge is 2.45. The molecule has 0 saturated carbocycles. The van der Waals surface area contributed by atoms with Crippen LogP contribution in [0.3, 0.4) is 0 Å². The molecule has 0 aromatic heterocycles. The second kappa shape index (κ2) is 9.59. The molecule has 1 heterocycles. The quantitative estimate of drug-likeness (QED) is 0.439. The maximum absolute atomic E-state index is 11.9. The Kier molecular flexibility index (Phi) is 8.43. The summed E-state index contributed by atoms with van der Waals surface area (Å²) in [5.74, 6) is -0.219. The average molecular weight is 361 g/mol. The molecule has 8 nitrogen and oxygen atoms in total. The molecule has 1 aliphatic heterocycles. The van der Waals surface area contributed by atoms with Gasteiger partial charge < -0.3 is 30.1 Å². The minimum absolute atomic E-state index is 0.177. The van der Waals surface area contributed by atoms with Crippen LogP contribution in [0, 0.1) is 5.41 Å². The van der Waals surface area contributed by atoms with Gasteiger partial charge in [0, 0.05) is 25.4 Å². The van der Waals surface area contributed by atoms with Crippen molar-refractivity contribution in [1.29, 1.82) is 0 Å². The fraction of sp³-hybridized carbons (Fsp3) is 0.882. The summed E-state index contributed by atoms with van der Waals surface area (Å²) >= 11 is 0. The summed E-state index contributed by atoms with van der Waals surface area (Å²) in [6.07, 6.45) is -2.91. The van der Waals surface area contributed by atoms with E-state index < -0.39 is 43.2 Å². The maximum Gasteiger partial charge on any atom is 0.217 e. The Morgan fingerprint density at radius 1 is 1.16 bits per heavy atom. The number of ketones is 1. The zero-order valence-corrected chi connectivity index (χ0v) is 15.4. The molecule has 1 saturated heterocycles. The Labute approximate surface area is 148 Å². The zero-order chi connectivity index (χ0) is 19.2. The molecule has 1 aliphatic rings. The van der Waals surface area contributed by atoms with Crippen LogP contribution in [0.1, 0.15) is 47.0 Å². The first-order valence-electron chi connectivity index (χ1n) is 8.62. The van der Waals surface area contributed by atoms with Gasteiger partial charge in [-0.25, -0.2) is 0 Å². The van der Waals surface area contributed by atoms with Crippen molar-refractivity contribution in [3.8, 4) is 0 Å². The van der Waals surface area contributed by atoms with E-state index in [0.717, 1.165) is 0 Å². The molecule has 25 heavy (non-hydrogen) atoms. The fourth-order valence-corrected chi connectivity index (χ4v) is 2.57. The standard InChI is InChI=1S/C17H31NO7/c1-10(20)18-13-15(23)14(22)11(9-19)25-16(13)24-8-6-5-7-12(21)17(2,3)4/h11,13-16,19,22-23H,5-9H2,1-4H3,(H,18,20)/t11?,13?,14-,15?,16+/m0/s1. The molecule has 8 heteroatoms. The number of nitrogens with one attached hydrogen (secondary N) is 1. The third kappa shape index (κ3) is 6.63. The van der Waals surface area contributed by atoms with Gasteiger partial charge in [0.2, 0.25) is 5.91 Å². The van der Waals surface area contributed by atoms with Gasteiger partial charge in [-0.05, 0) is 12.8 Å². The van der Waals surface area contributed by atoms with Gasteiger partial charge in [0.1, 0.15) is 30.1 Å². The number of amides is 1. The topological polar surface area (TPSA) is 125 Å². The van der Waals surface area contributed by atoms with Crippen molar-refractivity contribution in [3.63, 3.8) is 0 Å². The Balaban J connectivity index is 2.52. The summed E-state index contributed by atoms with van der Waals surface area (Å²) in [6.45, 7) is 6.70. The normalized spacial score (nSPS) is 30.1. The lowest BCUT2D eigenvalue weighted by Crippen LogP contribution is -2.64. The number of rotatable bonds is 8. The Bertz CT molecular complexity index is 449. The number of Topliss-reactive ketones (excluding diaryl/α,β-unsaturated/α-hetero) is 1. The van der Waals surface area contributed by atoms with Crippen LogP contribution in [0.15, 0.2) is 0 Å². The predicted octanol–water partition coefficient (Wildman–Crippen LogP) is -0.268. The second-order valence-electron chi connectivity index (χ2n) is 7.43. The second-order valence-corrected chi connectivity index (χ2v) is 7.43. The number of aliphatic hydroxyl groups is 3. The molecule has 146 valence electrons. The van der Waals surface area contributed by atoms with E-state index in [1.165, 1.54) is 6.92 Å². The van der Waals surface area contributed by atoms with Crippen LogP contribution < -0.4 is 5.32 Å². The van der Waals surface area contributed by atoms with E-state index in [2.05, 4.69) is 5.32 Å². The summed E-state index contributed by atoms with van der Waals surface area (Å²) in [4.78, 5) is 23.2. The van der Waals surface area contributed by atoms with Crippen molar-refractivity contribution in [2.24, 2.45) is 5.41 Å². The Morgan fingerprint density at radius 3 is 2.32 bits per heavy atom. The molecule has 0 bridgehead atoms. The number of hydrogen-bond acceptors (Lipinski definition) is 7. The first-order valence-corrected chi connectivity index (χ1v) is 8.62. The molecule has 0 aromatic carbocycles. The van der Waals surface area contributed by atoms with Crippen molar-refractivity contribution in [2.45, 2.75) is 77.6 Å². The highest BCUT2D eigenvalue weighted by Crippen LogP contribution is 2.23. The van der Waals surface area contributed by atoms with Gasteiger partial charge in [-0.1, -0.05) is 20.8 Å². The number of unbranched alkanes of at least 4 members (excludes halogenated alkanes) is 1. The van der Waals surface area contributed by atoms with E-state index in [1.807, 2.05) is 20.8 Å². The Morgan fingerprint density at radius 2 is 1.80 bits per heavy atom. The number of carbonyl (C=O) groups is 2. The van der Waals surface area contributed by atoms with E-state index in [9.17, 15) is 24.9 Å². The molecule has 5 atom stereocenters. The lowest BCUT2D eigenvalue weighted by Gasteiger charge is -2.42. The SMILES string of the molecule is CC(=O)NC1C(O)[C@@H](O)C(CO)O[C@H]1OCCCCC(=O)C(C)(C)C. The smallest absolute Gasteiger partial charge is 0.217 e. The van der Waals surface area contributed by atoms with E-state index in [4.69, 9.17) is 9.47 Å². The number of hydrogen-bond donors (Lipinski definition) is 4. The first kappa shape index (κ1) is 22.0. The van der Waals surface area contributed by atoms with Gasteiger partial charge in [-0.3, -0.25) is 9.59 Å². The summed E-state index contributed by atoms with van der Waals surface area (Å²) in [7, 11) is 0. The largest absolute Gasteiger partial charge is 0.394 e. The van der Waals surface area contributed by atoms with Gasteiger partial charge in [0.15, 0.2) is 6.29 Å². The molecule has 3 unspecified atom stereocenters. The molecule has 4 N–H and O–H groups in total. The lowest BCUT2D eigenvalue weighted by atomic mass is 9.88. The van der Waals surface area contributed by atoms with Crippen LogP contribution in [0.5, 0.6) is 0 Å². The summed E-state index contributed by atoms with van der Waals surface area (Å²) < 4.78 is 11.0. The summed E-state index contributed by atoms with van der Waals surface area (Å²) in [5, 5.41) is 31.8. The summed E-state index contributed by atoms with van der Waals surface area (Å²) in [6, 6.07) is -0.938. The highest BCUT2D eigenvalue weighted by atomic mass is 16.7. The van der Waals surface area contributed by atoms with Crippen LogP contribution in [0.2, 0.25) is 0 Å². The van der Waals surface area contributed by atoms with Crippen LogP contribution >= 0.6 is 0 Å². The number of carbonyl (C=O) groups excluding carboxylic acids is 2. The molecule has 0 aromatic rings. The first-order chi connectivity index (χ1) is 11.6. The van der Waals surface area contributed by atoms with E-state index >= 15 is 0 Å². The van der Waals surface area contributed by atoms with Crippen molar-refractivity contribution < 1.29 is 34.4 Å². The predicted molar refractivity (Wildman–Crippen MR) is 89.6 cm³/mol. The van der Waals surface area contributed by atoms with E-state index in [-0.39, 0.29) is 17.8 Å². The van der Waals surface area contributed by atoms with Crippen LogP contribution in [-0.4, -0.2) is 70.9 Å². The third-order valence-electron chi connectivity index (χ3n) is 4.17. The van der Waals surface area contributed by atoms with Gasteiger partial charge in [0.05, 0.1) is 6.61 Å². The van der Waals surface area contributed by atoms with Gasteiger partial charge in [-0.15, -0.1) is 0 Å². The van der Waals surface area contributed by atoms with Gasteiger partial charge >= 0.3 is 0 Å². The molecule has 0 aliphatic carbocycles. The van der Waals surface area contributed by atoms with Gasteiger partial charge in [-0.2, -0.15) is 0 Å². The molecular weight excluding hydrogens is 330 g/mol. The minimum atomic E-state index is -1.33. The fourth-order valence-electron chi connectivity index (χ4n) is 2.57. The number of ether oxygens (including phenoxy) is 2. The van der Waals surface area contributed by atoms with Crippen LogP contribution in [0.4, 0.5) is 0 Å². The third-order valence-corrected chi connectivity index (χ3v) is 4.17. The number of aliphatic hydroxyl groups excluding tert-OH is 3. The van der Waals surface area contributed by atoms with Crippen LogP contribution in [-0.2, 0) is 19.1 Å². The van der Waals surface area contributed by atoms with Crippen molar-refractivity contribution in [1.82, 2.24) is 5.32 Å². The molecular formula is C17H31NO7.